The topological polar surface area (TPSA) is 116 Å². The van der Waals surface area contributed by atoms with E-state index in [1.807, 2.05) is 0 Å². The first kappa shape index (κ1) is 18.9. The van der Waals surface area contributed by atoms with Gasteiger partial charge in [0.05, 0.1) is 0 Å². The van der Waals surface area contributed by atoms with Gasteiger partial charge in [-0.2, -0.15) is 0 Å². The number of rotatable bonds is 5. The Labute approximate surface area is 156 Å². The highest BCUT2D eigenvalue weighted by molar-refractivity contribution is 6.13. The predicted molar refractivity (Wildman–Crippen MR) is 97.1 cm³/mol. The average molecular weight is 373 g/mol. The Balaban J connectivity index is 1.75. The number of aliphatic carboxylic acids is 1. The summed E-state index contributed by atoms with van der Waals surface area (Å²) in [5.41, 5.74) is -0.314. The molecule has 1 unspecified atom stereocenters. The molecule has 1 aromatic rings. The van der Waals surface area contributed by atoms with Crippen LogP contribution in [-0.2, 0) is 14.4 Å². The molecule has 1 aliphatic heterocycles. The molecule has 8 nitrogen and oxygen atoms in total. The summed E-state index contributed by atoms with van der Waals surface area (Å²) in [7, 11) is 1.49. The molecule has 3 amide bonds. The number of carboxylic acids is 1. The lowest BCUT2D eigenvalue weighted by Gasteiger charge is -2.33. The van der Waals surface area contributed by atoms with Crippen molar-refractivity contribution in [3.05, 3.63) is 29.8 Å². The molecular formula is C19H23N3O5. The van der Waals surface area contributed by atoms with Crippen molar-refractivity contribution in [1.29, 1.82) is 0 Å². The van der Waals surface area contributed by atoms with Crippen LogP contribution < -0.4 is 10.6 Å². The predicted octanol–water partition coefficient (Wildman–Crippen LogP) is 1.23. The van der Waals surface area contributed by atoms with E-state index in [9.17, 15) is 24.3 Å². The molecule has 0 bridgehead atoms. The zero-order valence-electron chi connectivity index (χ0n) is 15.2. The number of likely N-dealkylation sites (tertiary alicyclic amines) is 1. The maximum absolute atomic E-state index is 12.8. The van der Waals surface area contributed by atoms with Gasteiger partial charge < -0.3 is 20.6 Å². The van der Waals surface area contributed by atoms with Crippen LogP contribution in [0.15, 0.2) is 24.3 Å². The molecule has 1 heterocycles. The van der Waals surface area contributed by atoms with Gasteiger partial charge in [0.25, 0.3) is 5.91 Å². The minimum atomic E-state index is -1.03. The lowest BCUT2D eigenvalue weighted by molar-refractivity contribution is -0.143. The fourth-order valence-corrected chi connectivity index (χ4v) is 3.50. The molecule has 3 N–H and O–H groups in total. The molecule has 1 saturated heterocycles. The molecule has 27 heavy (non-hydrogen) atoms. The average Bonchev–Trinajstić information content (AvgIpc) is 3.49. The van der Waals surface area contributed by atoms with Crippen molar-refractivity contribution in [3.8, 4) is 0 Å². The maximum Gasteiger partial charge on any atom is 0.326 e. The van der Waals surface area contributed by atoms with E-state index >= 15 is 0 Å². The van der Waals surface area contributed by atoms with Crippen LogP contribution in [-0.4, -0.2) is 53.3 Å². The molecule has 1 saturated carbocycles. The van der Waals surface area contributed by atoms with Crippen LogP contribution in [0.2, 0.25) is 0 Å². The smallest absolute Gasteiger partial charge is 0.326 e. The van der Waals surface area contributed by atoms with E-state index in [0.29, 0.717) is 37.1 Å². The Morgan fingerprint density at radius 3 is 2.52 bits per heavy atom. The summed E-state index contributed by atoms with van der Waals surface area (Å²) < 4.78 is 0. The van der Waals surface area contributed by atoms with Gasteiger partial charge in [-0.25, -0.2) is 4.79 Å². The van der Waals surface area contributed by atoms with Crippen LogP contribution in [0.1, 0.15) is 42.5 Å². The summed E-state index contributed by atoms with van der Waals surface area (Å²) in [6, 6.07) is 5.55. The lowest BCUT2D eigenvalue weighted by atomic mass is 10.0. The lowest BCUT2D eigenvalue weighted by Crippen LogP contribution is -2.48. The van der Waals surface area contributed by atoms with Gasteiger partial charge in [-0.3, -0.25) is 14.4 Å². The number of benzene rings is 1. The summed E-state index contributed by atoms with van der Waals surface area (Å²) in [4.78, 5) is 50.0. The van der Waals surface area contributed by atoms with Crippen LogP contribution in [0.25, 0.3) is 0 Å². The van der Waals surface area contributed by atoms with Gasteiger partial charge in [0, 0.05) is 24.8 Å². The number of amides is 3. The van der Waals surface area contributed by atoms with Gasteiger partial charge in [-0.05, 0) is 50.3 Å². The minimum Gasteiger partial charge on any atom is -0.480 e. The molecule has 1 aliphatic carbocycles. The molecule has 1 atom stereocenters. The Bertz CT molecular complexity index is 787. The highest BCUT2D eigenvalue weighted by Crippen LogP contribution is 2.46. The quantitative estimate of drug-likeness (QED) is 0.672. The molecule has 1 aromatic carbocycles. The zero-order chi connectivity index (χ0) is 19.6. The Morgan fingerprint density at radius 2 is 1.89 bits per heavy atom. The summed E-state index contributed by atoms with van der Waals surface area (Å²) >= 11 is 0. The van der Waals surface area contributed by atoms with Gasteiger partial charge in [0.15, 0.2) is 0 Å². The fourth-order valence-electron chi connectivity index (χ4n) is 3.50. The summed E-state index contributed by atoms with van der Waals surface area (Å²) in [6.07, 6.45) is 2.96. The van der Waals surface area contributed by atoms with Gasteiger partial charge >= 0.3 is 5.97 Å². The van der Waals surface area contributed by atoms with Crippen molar-refractivity contribution in [2.75, 3.05) is 18.9 Å². The molecule has 0 aromatic heterocycles. The van der Waals surface area contributed by atoms with E-state index in [-0.39, 0.29) is 11.8 Å². The SMILES string of the molecule is CNC(=O)C1(C(=O)Nc2cccc(C(=O)N3CCCCC3C(=O)O)c2)CC1. The number of carbonyl (C=O) groups is 4. The number of hydrogen-bond donors (Lipinski definition) is 3. The maximum atomic E-state index is 12.8. The number of nitrogens with zero attached hydrogens (tertiary/aromatic N) is 1. The van der Waals surface area contributed by atoms with Crippen LogP contribution in [0.3, 0.4) is 0 Å². The van der Waals surface area contributed by atoms with E-state index in [1.165, 1.54) is 18.0 Å². The third-order valence-electron chi connectivity index (χ3n) is 5.26. The summed E-state index contributed by atoms with van der Waals surface area (Å²) in [5.74, 6) is -2.09. The van der Waals surface area contributed by atoms with E-state index in [2.05, 4.69) is 10.6 Å². The minimum absolute atomic E-state index is 0.311. The molecule has 144 valence electrons. The molecule has 2 aliphatic rings. The number of hydrogen-bond acceptors (Lipinski definition) is 4. The Kier molecular flexibility index (Phi) is 5.16. The molecule has 3 rings (SSSR count). The molecular weight excluding hydrogens is 350 g/mol. The summed E-state index contributed by atoms with van der Waals surface area (Å²) in [5, 5.41) is 14.6. The summed E-state index contributed by atoms with van der Waals surface area (Å²) in [6.45, 7) is 0.395. The van der Waals surface area contributed by atoms with Crippen molar-refractivity contribution in [2.45, 2.75) is 38.1 Å². The van der Waals surface area contributed by atoms with E-state index < -0.39 is 23.3 Å². The van der Waals surface area contributed by atoms with Crippen molar-refractivity contribution in [3.63, 3.8) is 0 Å². The zero-order valence-corrected chi connectivity index (χ0v) is 15.2. The van der Waals surface area contributed by atoms with Crippen molar-refractivity contribution >= 4 is 29.4 Å². The van der Waals surface area contributed by atoms with Gasteiger partial charge in [0.2, 0.25) is 11.8 Å². The number of carbonyl (C=O) groups excluding carboxylic acids is 3. The second-order valence-corrected chi connectivity index (χ2v) is 7.04. The largest absolute Gasteiger partial charge is 0.480 e. The first-order chi connectivity index (χ1) is 12.9. The highest BCUT2D eigenvalue weighted by Gasteiger charge is 2.56. The standard InChI is InChI=1S/C19H23N3O5/c1-20-17(26)19(8-9-19)18(27)21-13-6-4-5-12(11-13)15(23)22-10-3-2-7-14(22)16(24)25/h4-6,11,14H,2-3,7-10H2,1H3,(H,20,26)(H,21,27)(H,24,25). The highest BCUT2D eigenvalue weighted by atomic mass is 16.4. The molecule has 0 spiro atoms. The second kappa shape index (κ2) is 7.38. The first-order valence-electron chi connectivity index (χ1n) is 9.06. The van der Waals surface area contributed by atoms with Crippen LogP contribution in [0.4, 0.5) is 5.69 Å². The Hall–Kier alpha value is -2.90. The van der Waals surface area contributed by atoms with E-state index in [1.54, 1.807) is 18.2 Å². The molecule has 8 heteroatoms. The van der Waals surface area contributed by atoms with Crippen LogP contribution >= 0.6 is 0 Å². The van der Waals surface area contributed by atoms with Crippen LogP contribution in [0.5, 0.6) is 0 Å². The third kappa shape index (κ3) is 3.65. The van der Waals surface area contributed by atoms with Gasteiger partial charge in [0.1, 0.15) is 11.5 Å². The van der Waals surface area contributed by atoms with Crippen molar-refractivity contribution < 1.29 is 24.3 Å². The third-order valence-corrected chi connectivity index (χ3v) is 5.26. The number of anilines is 1. The van der Waals surface area contributed by atoms with E-state index in [4.69, 9.17) is 0 Å². The Morgan fingerprint density at radius 1 is 1.15 bits per heavy atom. The van der Waals surface area contributed by atoms with Crippen LogP contribution in [0, 0.1) is 5.41 Å². The van der Waals surface area contributed by atoms with Crippen molar-refractivity contribution in [1.82, 2.24) is 10.2 Å². The van der Waals surface area contributed by atoms with Crippen molar-refractivity contribution in [2.24, 2.45) is 5.41 Å². The molecule has 0 radical (unpaired) electrons. The molecule has 2 fully saturated rings. The second-order valence-electron chi connectivity index (χ2n) is 7.04. The first-order valence-corrected chi connectivity index (χ1v) is 9.06. The normalized spacial score (nSPS) is 20.5. The monoisotopic (exact) mass is 373 g/mol. The van der Waals surface area contributed by atoms with Gasteiger partial charge in [-0.1, -0.05) is 6.07 Å². The van der Waals surface area contributed by atoms with Gasteiger partial charge in [-0.15, -0.1) is 0 Å². The fraction of sp³-hybridized carbons (Fsp3) is 0.474. The number of nitrogens with one attached hydrogen (secondary N) is 2. The van der Waals surface area contributed by atoms with E-state index in [0.717, 1.165) is 12.8 Å². The number of piperidine rings is 1. The number of carboxylic acid groups (broad SMARTS) is 1.